The maximum Gasteiger partial charge on any atom is 0.159 e. The highest BCUT2D eigenvalue weighted by atomic mass is 16.7. The van der Waals surface area contributed by atoms with E-state index in [0.29, 0.717) is 6.61 Å². The van der Waals surface area contributed by atoms with Gasteiger partial charge in [0.2, 0.25) is 0 Å². The van der Waals surface area contributed by atoms with Crippen LogP contribution in [0.4, 0.5) is 0 Å². The third kappa shape index (κ3) is 2.80. The number of ether oxygens (including phenoxy) is 3. The third-order valence-corrected chi connectivity index (χ3v) is 5.13. The Bertz CT molecular complexity index is 730. The van der Waals surface area contributed by atoms with Crippen LogP contribution in [0.5, 0.6) is 5.75 Å². The van der Waals surface area contributed by atoms with E-state index < -0.39 is 0 Å². The first-order valence-corrected chi connectivity index (χ1v) is 8.60. The normalized spacial score (nSPS) is 30.3. The Hall–Kier alpha value is -1.60. The molecule has 0 unspecified atom stereocenters. The summed E-state index contributed by atoms with van der Waals surface area (Å²) in [5.41, 5.74) is 9.70. The molecule has 0 aliphatic carbocycles. The summed E-state index contributed by atoms with van der Waals surface area (Å²) in [7, 11) is 1.70. The molecule has 2 aromatic rings. The molecule has 0 spiro atoms. The highest BCUT2D eigenvalue weighted by Gasteiger charge is 2.31. The summed E-state index contributed by atoms with van der Waals surface area (Å²) >= 11 is 0. The molecule has 24 heavy (non-hydrogen) atoms. The number of nitrogens with two attached hydrogens (primary N) is 1. The maximum atomic E-state index is 5.94. The lowest BCUT2D eigenvalue weighted by Gasteiger charge is -2.35. The second-order valence-electron chi connectivity index (χ2n) is 6.69. The number of benzene rings is 1. The van der Waals surface area contributed by atoms with Gasteiger partial charge in [0.05, 0.1) is 31.9 Å². The van der Waals surface area contributed by atoms with Gasteiger partial charge in [0.25, 0.3) is 0 Å². The Morgan fingerprint density at radius 2 is 2.25 bits per heavy atom. The van der Waals surface area contributed by atoms with Gasteiger partial charge in [-0.3, -0.25) is 0 Å². The zero-order valence-electron chi connectivity index (χ0n) is 14.2. The van der Waals surface area contributed by atoms with Crippen molar-refractivity contribution in [1.82, 2.24) is 10.3 Å². The summed E-state index contributed by atoms with van der Waals surface area (Å²) in [6.07, 6.45) is 1.59. The van der Waals surface area contributed by atoms with Crippen LogP contribution in [-0.2, 0) is 15.9 Å². The highest BCUT2D eigenvalue weighted by Crippen LogP contribution is 2.34. The van der Waals surface area contributed by atoms with Crippen LogP contribution in [0.25, 0.3) is 10.9 Å². The minimum Gasteiger partial charge on any atom is -0.497 e. The zero-order valence-corrected chi connectivity index (χ0v) is 14.2. The van der Waals surface area contributed by atoms with Crippen LogP contribution < -0.4 is 15.8 Å². The number of fused-ring (bicyclic) bond motifs is 3. The lowest BCUT2D eigenvalue weighted by molar-refractivity contribution is -0.220. The monoisotopic (exact) mass is 331 g/mol. The predicted molar refractivity (Wildman–Crippen MR) is 92.2 cm³/mol. The molecule has 4 rings (SSSR count). The van der Waals surface area contributed by atoms with E-state index in [-0.39, 0.29) is 24.5 Å². The molecule has 2 aliphatic heterocycles. The molecule has 1 fully saturated rings. The van der Waals surface area contributed by atoms with E-state index in [1.807, 2.05) is 13.0 Å². The third-order valence-electron chi connectivity index (χ3n) is 5.13. The standard InChI is InChI=1S/C18H25N3O3/c1-10-14(19)9-23-17(24-10)8-16-18-12(5-6-20-16)13-7-11(22-2)3-4-15(13)21-18/h3-4,7,10,14,16-17,20-21H,5-6,8-9,19H2,1-2H3/t10-,14-,16-,17+/m1/s1. The van der Waals surface area contributed by atoms with E-state index in [2.05, 4.69) is 22.4 Å². The van der Waals surface area contributed by atoms with Crippen molar-refractivity contribution in [3.8, 4) is 5.75 Å². The second-order valence-corrected chi connectivity index (χ2v) is 6.69. The van der Waals surface area contributed by atoms with Crippen molar-refractivity contribution in [1.29, 1.82) is 0 Å². The molecule has 0 bridgehead atoms. The van der Waals surface area contributed by atoms with E-state index in [1.165, 1.54) is 16.6 Å². The summed E-state index contributed by atoms with van der Waals surface area (Å²) in [6.45, 7) is 3.51. The zero-order chi connectivity index (χ0) is 16.7. The Balaban J connectivity index is 1.59. The first-order chi connectivity index (χ1) is 11.7. The minimum atomic E-state index is -0.218. The van der Waals surface area contributed by atoms with Crippen molar-refractivity contribution in [2.24, 2.45) is 5.73 Å². The lowest BCUT2D eigenvalue weighted by atomic mass is 9.97. The number of methoxy groups -OCH3 is 1. The summed E-state index contributed by atoms with van der Waals surface area (Å²) in [5, 5.41) is 4.83. The Kier molecular flexibility index (Phi) is 4.22. The number of hydrogen-bond acceptors (Lipinski definition) is 5. The number of nitrogens with one attached hydrogen (secondary N) is 2. The largest absolute Gasteiger partial charge is 0.497 e. The quantitative estimate of drug-likeness (QED) is 0.799. The SMILES string of the molecule is COc1ccc2[nH]c3c(c2c1)CCN[C@@H]3C[C@H]1OC[C@@H](N)[C@@H](C)O1. The van der Waals surface area contributed by atoms with Gasteiger partial charge in [-0.2, -0.15) is 0 Å². The van der Waals surface area contributed by atoms with Crippen molar-refractivity contribution in [2.75, 3.05) is 20.3 Å². The first-order valence-electron chi connectivity index (χ1n) is 8.60. The molecule has 4 atom stereocenters. The molecular formula is C18H25N3O3. The van der Waals surface area contributed by atoms with Crippen LogP contribution in [0.1, 0.15) is 30.6 Å². The predicted octanol–water partition coefficient (Wildman–Crippen LogP) is 1.84. The molecule has 0 radical (unpaired) electrons. The Morgan fingerprint density at radius 1 is 1.38 bits per heavy atom. The summed E-state index contributed by atoms with van der Waals surface area (Å²) in [6, 6.07) is 6.33. The number of rotatable bonds is 3. The molecular weight excluding hydrogens is 306 g/mol. The lowest BCUT2D eigenvalue weighted by Crippen LogP contribution is -2.48. The van der Waals surface area contributed by atoms with Gasteiger partial charge in [-0.05, 0) is 43.7 Å². The van der Waals surface area contributed by atoms with Gasteiger partial charge in [-0.15, -0.1) is 0 Å². The molecule has 4 N–H and O–H groups in total. The van der Waals surface area contributed by atoms with Gasteiger partial charge >= 0.3 is 0 Å². The van der Waals surface area contributed by atoms with Crippen molar-refractivity contribution in [2.45, 2.75) is 44.2 Å². The molecule has 130 valence electrons. The molecule has 1 aromatic heterocycles. The van der Waals surface area contributed by atoms with Crippen LogP contribution in [0.2, 0.25) is 0 Å². The molecule has 1 saturated heterocycles. The number of aromatic amines is 1. The van der Waals surface area contributed by atoms with Crippen molar-refractivity contribution < 1.29 is 14.2 Å². The number of aromatic nitrogens is 1. The van der Waals surface area contributed by atoms with Crippen LogP contribution in [-0.4, -0.2) is 43.7 Å². The molecule has 6 nitrogen and oxygen atoms in total. The fourth-order valence-corrected chi connectivity index (χ4v) is 3.67. The van der Waals surface area contributed by atoms with Gasteiger partial charge < -0.3 is 30.2 Å². The van der Waals surface area contributed by atoms with Gasteiger partial charge in [0.15, 0.2) is 6.29 Å². The van der Waals surface area contributed by atoms with Crippen molar-refractivity contribution in [3.63, 3.8) is 0 Å². The molecule has 3 heterocycles. The molecule has 0 amide bonds. The first kappa shape index (κ1) is 15.9. The fourth-order valence-electron chi connectivity index (χ4n) is 3.67. The molecule has 0 saturated carbocycles. The van der Waals surface area contributed by atoms with Crippen molar-refractivity contribution in [3.05, 3.63) is 29.5 Å². The number of H-pyrrole nitrogens is 1. The summed E-state index contributed by atoms with van der Waals surface area (Å²) < 4.78 is 17.0. The van der Waals surface area contributed by atoms with Crippen LogP contribution in [0, 0.1) is 0 Å². The average Bonchev–Trinajstić information content (AvgIpc) is 2.97. The smallest absolute Gasteiger partial charge is 0.159 e. The van der Waals surface area contributed by atoms with Gasteiger partial charge in [0, 0.05) is 23.0 Å². The van der Waals surface area contributed by atoms with E-state index in [4.69, 9.17) is 19.9 Å². The van der Waals surface area contributed by atoms with Gasteiger partial charge in [-0.25, -0.2) is 0 Å². The molecule has 2 aliphatic rings. The van der Waals surface area contributed by atoms with E-state index in [0.717, 1.165) is 30.7 Å². The van der Waals surface area contributed by atoms with Crippen molar-refractivity contribution >= 4 is 10.9 Å². The highest BCUT2D eigenvalue weighted by molar-refractivity contribution is 5.86. The summed E-state index contributed by atoms with van der Waals surface area (Å²) in [4.78, 5) is 3.57. The molecule has 6 heteroatoms. The van der Waals surface area contributed by atoms with E-state index in [9.17, 15) is 0 Å². The van der Waals surface area contributed by atoms with Crippen LogP contribution in [0.3, 0.4) is 0 Å². The molecule has 1 aromatic carbocycles. The summed E-state index contributed by atoms with van der Waals surface area (Å²) in [5.74, 6) is 0.890. The van der Waals surface area contributed by atoms with Crippen LogP contribution in [0.15, 0.2) is 18.2 Å². The van der Waals surface area contributed by atoms with Gasteiger partial charge in [-0.1, -0.05) is 0 Å². The second kappa shape index (κ2) is 6.37. The minimum absolute atomic E-state index is 0.0267. The maximum absolute atomic E-state index is 5.94. The fraction of sp³-hybridized carbons (Fsp3) is 0.556. The Morgan fingerprint density at radius 3 is 3.04 bits per heavy atom. The Labute approximate surface area is 141 Å². The average molecular weight is 331 g/mol. The topological polar surface area (TPSA) is 81.5 Å². The van der Waals surface area contributed by atoms with E-state index in [1.54, 1.807) is 7.11 Å². The number of hydrogen-bond donors (Lipinski definition) is 3. The van der Waals surface area contributed by atoms with Gasteiger partial charge in [0.1, 0.15) is 5.75 Å². The van der Waals surface area contributed by atoms with Crippen LogP contribution >= 0.6 is 0 Å². The van der Waals surface area contributed by atoms with E-state index >= 15 is 0 Å².